The Morgan fingerprint density at radius 2 is 1.85 bits per heavy atom. The molecule has 5 heteroatoms. The Bertz CT molecular complexity index is 845. The third-order valence-electron chi connectivity index (χ3n) is 2.99. The lowest BCUT2D eigenvalue weighted by Gasteiger charge is -1.94. The van der Waals surface area contributed by atoms with Crippen molar-refractivity contribution in [2.24, 2.45) is 17.3 Å². The van der Waals surface area contributed by atoms with E-state index >= 15 is 0 Å². The molecule has 1 aromatic heterocycles. The van der Waals surface area contributed by atoms with E-state index in [-0.39, 0.29) is 5.75 Å². The van der Waals surface area contributed by atoms with Crippen LogP contribution in [0, 0.1) is 0 Å². The maximum absolute atomic E-state index is 9.64. The summed E-state index contributed by atoms with van der Waals surface area (Å²) in [6.07, 6.45) is 1.56. The second-order valence-corrected chi connectivity index (χ2v) is 5.32. The number of nitrogens with zero attached hydrogens (tertiary/aromatic N) is 3. The van der Waals surface area contributed by atoms with Crippen molar-refractivity contribution in [3.63, 3.8) is 0 Å². The minimum atomic E-state index is 0.201. The lowest BCUT2D eigenvalue weighted by Crippen LogP contribution is -2.08. The summed E-state index contributed by atoms with van der Waals surface area (Å²) in [7, 11) is 1.97. The highest BCUT2D eigenvalue weighted by molar-refractivity contribution is 7.16. The lowest BCUT2D eigenvalue weighted by molar-refractivity contribution is 0.474. The number of hydrogen-bond donors (Lipinski definition) is 1. The topological polar surface area (TPSA) is 49.9 Å². The van der Waals surface area contributed by atoms with Crippen LogP contribution in [0.4, 0.5) is 0 Å². The summed E-state index contributed by atoms with van der Waals surface area (Å²) in [5.74, 6) is 0.201. The highest BCUT2D eigenvalue weighted by Crippen LogP contribution is 2.15. The molecule has 3 rings (SSSR count). The molecular formula is C15H13N3OS. The van der Waals surface area contributed by atoms with Gasteiger partial charge in [-0.1, -0.05) is 35.6 Å². The molecule has 20 heavy (non-hydrogen) atoms. The Morgan fingerprint density at radius 1 is 1.10 bits per heavy atom. The fraction of sp³-hybridized carbons (Fsp3) is 0.0667. The first-order valence-electron chi connectivity index (χ1n) is 6.15. The van der Waals surface area contributed by atoms with E-state index in [1.165, 1.54) is 4.70 Å². The number of aryl methyl sites for hydroxylation is 1. The van der Waals surface area contributed by atoms with E-state index < -0.39 is 0 Å². The summed E-state index contributed by atoms with van der Waals surface area (Å²) < 4.78 is 3.17. The predicted octanol–water partition coefficient (Wildman–Crippen LogP) is 2.88. The molecule has 0 spiro atoms. The number of benzene rings is 2. The first kappa shape index (κ1) is 12.6. The van der Waals surface area contributed by atoms with Crippen molar-refractivity contribution >= 4 is 27.8 Å². The normalized spacial score (nSPS) is 12.6. The number of phenols is 1. The zero-order chi connectivity index (χ0) is 13.9. The van der Waals surface area contributed by atoms with E-state index in [1.807, 2.05) is 29.8 Å². The van der Waals surface area contributed by atoms with Crippen LogP contribution in [0.5, 0.6) is 5.75 Å². The van der Waals surface area contributed by atoms with Crippen LogP contribution < -0.4 is 4.80 Å². The summed E-state index contributed by atoms with van der Waals surface area (Å²) >= 11 is 1.58. The summed E-state index contributed by atoms with van der Waals surface area (Å²) in [6.45, 7) is 0. The van der Waals surface area contributed by atoms with Gasteiger partial charge in [0.05, 0.1) is 16.4 Å². The van der Waals surface area contributed by atoms with Gasteiger partial charge < -0.3 is 9.67 Å². The van der Waals surface area contributed by atoms with Crippen LogP contribution in [0.3, 0.4) is 0 Å². The van der Waals surface area contributed by atoms with Gasteiger partial charge in [0.1, 0.15) is 5.75 Å². The number of rotatable bonds is 2. The molecule has 0 saturated heterocycles. The Labute approximate surface area is 120 Å². The van der Waals surface area contributed by atoms with Crippen molar-refractivity contribution in [2.45, 2.75) is 0 Å². The van der Waals surface area contributed by atoms with Crippen LogP contribution in [0.15, 0.2) is 58.7 Å². The molecule has 4 nitrogen and oxygen atoms in total. The first-order valence-corrected chi connectivity index (χ1v) is 6.97. The molecule has 0 bridgehead atoms. The molecule has 100 valence electrons. The molecule has 1 heterocycles. The Hall–Kier alpha value is -2.40. The molecule has 0 amide bonds. The van der Waals surface area contributed by atoms with Gasteiger partial charge in [-0.05, 0) is 24.3 Å². The van der Waals surface area contributed by atoms with Gasteiger partial charge in [0.2, 0.25) is 4.80 Å². The molecule has 0 fully saturated rings. The number of phenolic OH excluding ortho intramolecular Hbond substituents is 1. The smallest absolute Gasteiger partial charge is 0.211 e. The van der Waals surface area contributed by atoms with Gasteiger partial charge in [-0.2, -0.15) is 5.10 Å². The Balaban J connectivity index is 1.99. The van der Waals surface area contributed by atoms with E-state index in [0.29, 0.717) is 5.56 Å². The van der Waals surface area contributed by atoms with Crippen molar-refractivity contribution in [1.29, 1.82) is 0 Å². The third kappa shape index (κ3) is 2.35. The van der Waals surface area contributed by atoms with Crippen LogP contribution in [-0.4, -0.2) is 15.9 Å². The van der Waals surface area contributed by atoms with E-state index in [4.69, 9.17) is 0 Å². The lowest BCUT2D eigenvalue weighted by atomic mass is 10.2. The molecule has 0 atom stereocenters. The van der Waals surface area contributed by atoms with Gasteiger partial charge in [0, 0.05) is 12.6 Å². The summed E-state index contributed by atoms with van der Waals surface area (Å²) in [6, 6.07) is 15.2. The van der Waals surface area contributed by atoms with E-state index in [2.05, 4.69) is 22.3 Å². The molecule has 0 radical (unpaired) electrons. The highest BCUT2D eigenvalue weighted by Gasteiger charge is 2.00. The fourth-order valence-electron chi connectivity index (χ4n) is 1.92. The Kier molecular flexibility index (Phi) is 3.35. The highest BCUT2D eigenvalue weighted by atomic mass is 32.1. The van der Waals surface area contributed by atoms with Crippen LogP contribution in [0.1, 0.15) is 5.56 Å². The third-order valence-corrected chi connectivity index (χ3v) is 4.09. The molecule has 0 aliphatic rings. The molecular weight excluding hydrogens is 270 g/mol. The van der Waals surface area contributed by atoms with Crippen LogP contribution in [0.2, 0.25) is 0 Å². The average Bonchev–Trinajstić information content (AvgIpc) is 2.78. The number of aromatic hydroxyl groups is 1. The van der Waals surface area contributed by atoms with E-state index in [0.717, 1.165) is 10.3 Å². The minimum Gasteiger partial charge on any atom is -0.507 e. The quantitative estimate of drug-likeness (QED) is 0.570. The van der Waals surface area contributed by atoms with Gasteiger partial charge in [-0.15, -0.1) is 5.10 Å². The van der Waals surface area contributed by atoms with Gasteiger partial charge in [-0.25, -0.2) is 0 Å². The molecule has 0 aliphatic carbocycles. The molecule has 1 N–H and O–H groups in total. The Morgan fingerprint density at radius 3 is 2.65 bits per heavy atom. The maximum atomic E-state index is 9.64. The summed E-state index contributed by atoms with van der Waals surface area (Å²) in [4.78, 5) is 0.817. The number of thiazole rings is 1. The van der Waals surface area contributed by atoms with Gasteiger partial charge in [-0.3, -0.25) is 0 Å². The van der Waals surface area contributed by atoms with Crippen LogP contribution in [0.25, 0.3) is 10.2 Å². The molecule has 0 saturated carbocycles. The van der Waals surface area contributed by atoms with Crippen molar-refractivity contribution in [2.75, 3.05) is 0 Å². The second-order valence-electron chi connectivity index (χ2n) is 4.31. The second kappa shape index (κ2) is 5.30. The van der Waals surface area contributed by atoms with Crippen molar-refractivity contribution in [3.8, 4) is 5.75 Å². The first-order chi connectivity index (χ1) is 9.75. The average molecular weight is 283 g/mol. The standard InChI is InChI=1S/C15H13N3OS/c1-18-12-7-3-5-9-14(12)20-15(18)17-16-10-11-6-2-4-8-13(11)19/h2-10,19H,1H3/b16-10+,17-15-. The molecule has 3 aromatic rings. The minimum absolute atomic E-state index is 0.201. The van der Waals surface area contributed by atoms with Crippen LogP contribution >= 0.6 is 11.3 Å². The monoisotopic (exact) mass is 283 g/mol. The molecule has 0 aliphatic heterocycles. The van der Waals surface area contributed by atoms with E-state index in [1.54, 1.807) is 35.8 Å². The van der Waals surface area contributed by atoms with Crippen molar-refractivity contribution in [1.82, 2.24) is 4.57 Å². The number of aromatic nitrogens is 1. The van der Waals surface area contributed by atoms with Crippen molar-refractivity contribution < 1.29 is 5.11 Å². The predicted molar refractivity (Wildman–Crippen MR) is 82.1 cm³/mol. The molecule has 2 aromatic carbocycles. The van der Waals surface area contributed by atoms with Gasteiger partial charge >= 0.3 is 0 Å². The fourth-order valence-corrected chi connectivity index (χ4v) is 2.89. The zero-order valence-electron chi connectivity index (χ0n) is 10.9. The molecule has 0 unspecified atom stereocenters. The van der Waals surface area contributed by atoms with Gasteiger partial charge in [0.25, 0.3) is 0 Å². The summed E-state index contributed by atoms with van der Waals surface area (Å²) in [5, 5.41) is 17.9. The van der Waals surface area contributed by atoms with E-state index in [9.17, 15) is 5.11 Å². The number of para-hydroxylation sites is 2. The number of hydrogen-bond acceptors (Lipinski definition) is 4. The largest absolute Gasteiger partial charge is 0.507 e. The maximum Gasteiger partial charge on any atom is 0.211 e. The van der Waals surface area contributed by atoms with Gasteiger partial charge in [0.15, 0.2) is 0 Å². The van der Waals surface area contributed by atoms with Crippen molar-refractivity contribution in [3.05, 3.63) is 58.9 Å². The van der Waals surface area contributed by atoms with Crippen LogP contribution in [-0.2, 0) is 7.05 Å². The zero-order valence-corrected chi connectivity index (χ0v) is 11.7. The summed E-state index contributed by atoms with van der Waals surface area (Å²) in [5.41, 5.74) is 1.79. The number of fused-ring (bicyclic) bond motifs is 1. The SMILES string of the molecule is Cn1/c(=N/N=C/c2ccccc2O)sc2ccccc21.